The fourth-order valence-electron chi connectivity index (χ4n) is 4.62. The summed E-state index contributed by atoms with van der Waals surface area (Å²) >= 11 is 0. The number of hydrogen-bond acceptors (Lipinski definition) is 4. The van der Waals surface area contributed by atoms with E-state index in [2.05, 4.69) is 10.6 Å². The lowest BCUT2D eigenvalue weighted by molar-refractivity contribution is -0.136. The number of benzene rings is 3. The molecule has 2 amide bonds. The summed E-state index contributed by atoms with van der Waals surface area (Å²) in [7, 11) is -3.54. The number of amides is 2. The maximum Gasteiger partial charge on any atom is 0.313 e. The Morgan fingerprint density at radius 2 is 1.69 bits per heavy atom. The lowest BCUT2D eigenvalue weighted by Crippen LogP contribution is -2.40. The summed E-state index contributed by atoms with van der Waals surface area (Å²) in [4.78, 5) is 24.4. The molecule has 2 N–H and O–H groups in total. The van der Waals surface area contributed by atoms with E-state index < -0.39 is 21.8 Å². The van der Waals surface area contributed by atoms with Crippen molar-refractivity contribution in [2.24, 2.45) is 5.92 Å². The lowest BCUT2D eigenvalue weighted by atomic mass is 9.94. The first-order chi connectivity index (χ1) is 17.3. The first-order valence-corrected chi connectivity index (χ1v) is 13.9. The lowest BCUT2D eigenvalue weighted by Gasteiger charge is -2.32. The van der Waals surface area contributed by atoms with Crippen LogP contribution in [0.3, 0.4) is 0 Å². The Labute approximate surface area is 212 Å². The molecule has 1 aliphatic heterocycles. The molecule has 4 rings (SSSR count). The van der Waals surface area contributed by atoms with Gasteiger partial charge in [0.25, 0.3) is 0 Å². The zero-order valence-electron chi connectivity index (χ0n) is 20.6. The quantitative estimate of drug-likeness (QED) is 0.347. The molecule has 0 radical (unpaired) electrons. The van der Waals surface area contributed by atoms with Crippen LogP contribution in [-0.2, 0) is 19.6 Å². The Morgan fingerprint density at radius 1 is 0.944 bits per heavy atom. The zero-order valence-corrected chi connectivity index (χ0v) is 21.4. The van der Waals surface area contributed by atoms with Gasteiger partial charge in [-0.05, 0) is 73.6 Å². The van der Waals surface area contributed by atoms with Crippen LogP contribution >= 0.6 is 0 Å². The van der Waals surface area contributed by atoms with Gasteiger partial charge in [-0.3, -0.25) is 9.59 Å². The van der Waals surface area contributed by atoms with Gasteiger partial charge in [-0.1, -0.05) is 54.4 Å². The van der Waals surface area contributed by atoms with Crippen molar-refractivity contribution in [1.82, 2.24) is 9.62 Å². The molecular weight excluding hydrogens is 474 g/mol. The second-order valence-corrected chi connectivity index (χ2v) is 11.4. The average molecular weight is 508 g/mol. The van der Waals surface area contributed by atoms with E-state index in [-0.39, 0.29) is 5.92 Å². The summed E-state index contributed by atoms with van der Waals surface area (Å²) < 4.78 is 28.2. The third-order valence-corrected chi connectivity index (χ3v) is 8.54. The summed E-state index contributed by atoms with van der Waals surface area (Å²) in [5, 5.41) is 7.19. The Bertz CT molecular complexity index is 1320. The molecule has 190 valence electrons. The number of aryl methyl sites for hydroxylation is 1. The van der Waals surface area contributed by atoms with Crippen LogP contribution in [-0.4, -0.2) is 44.2 Å². The van der Waals surface area contributed by atoms with E-state index in [1.807, 2.05) is 49.4 Å². The normalized spacial score (nSPS) is 16.5. The van der Waals surface area contributed by atoms with E-state index in [0.717, 1.165) is 48.4 Å². The van der Waals surface area contributed by atoms with Crippen molar-refractivity contribution < 1.29 is 18.0 Å². The fourth-order valence-corrected chi connectivity index (χ4v) is 6.21. The molecule has 1 saturated heterocycles. The highest BCUT2D eigenvalue weighted by molar-refractivity contribution is 7.89. The van der Waals surface area contributed by atoms with Crippen molar-refractivity contribution >= 4 is 38.3 Å². The van der Waals surface area contributed by atoms with E-state index in [1.165, 1.54) is 0 Å². The largest absolute Gasteiger partial charge is 0.348 e. The van der Waals surface area contributed by atoms with Crippen molar-refractivity contribution in [3.05, 3.63) is 72.3 Å². The minimum Gasteiger partial charge on any atom is -0.348 e. The van der Waals surface area contributed by atoms with Gasteiger partial charge >= 0.3 is 11.8 Å². The molecule has 3 aromatic carbocycles. The van der Waals surface area contributed by atoms with Crippen LogP contribution < -0.4 is 10.6 Å². The predicted molar refractivity (Wildman–Crippen MR) is 142 cm³/mol. The van der Waals surface area contributed by atoms with Crippen LogP contribution in [0.15, 0.2) is 71.6 Å². The van der Waals surface area contributed by atoms with Crippen molar-refractivity contribution in [3.8, 4) is 0 Å². The first-order valence-electron chi connectivity index (χ1n) is 12.5. The Kier molecular flexibility index (Phi) is 8.38. The molecule has 3 aromatic rings. The van der Waals surface area contributed by atoms with Gasteiger partial charge in [-0.2, -0.15) is 4.31 Å². The molecule has 1 fully saturated rings. The van der Waals surface area contributed by atoms with Gasteiger partial charge in [0.1, 0.15) is 0 Å². The van der Waals surface area contributed by atoms with Gasteiger partial charge in [0.2, 0.25) is 10.0 Å². The van der Waals surface area contributed by atoms with E-state index in [1.54, 1.807) is 28.6 Å². The average Bonchev–Trinajstić information content (AvgIpc) is 2.89. The standard InChI is InChI=1S/C28H33N3O4S/c1-21-11-14-25(15-12-21)30-28(33)27(32)29-17-5-4-7-22-8-6-18-31(20-22)36(34,35)26-16-13-23-9-2-3-10-24(23)19-26/h2-3,9-16,19,22H,4-8,17-18,20H2,1H3,(H,29,32)(H,30,33)/t22-/m0/s1. The summed E-state index contributed by atoms with van der Waals surface area (Å²) in [5.74, 6) is -1.05. The highest BCUT2D eigenvalue weighted by atomic mass is 32.2. The maximum atomic E-state index is 13.3. The maximum absolute atomic E-state index is 13.3. The van der Waals surface area contributed by atoms with Crippen LogP contribution in [0.1, 0.15) is 37.7 Å². The van der Waals surface area contributed by atoms with Gasteiger partial charge < -0.3 is 10.6 Å². The second-order valence-electron chi connectivity index (χ2n) is 9.45. The topological polar surface area (TPSA) is 95.6 Å². The number of nitrogens with one attached hydrogen (secondary N) is 2. The van der Waals surface area contributed by atoms with Crippen molar-refractivity contribution in [2.45, 2.75) is 43.9 Å². The number of carbonyl (C=O) groups excluding carboxylic acids is 2. The molecule has 0 unspecified atom stereocenters. The smallest absolute Gasteiger partial charge is 0.313 e. The number of hydrogen-bond donors (Lipinski definition) is 2. The predicted octanol–water partition coefficient (Wildman–Crippen LogP) is 4.47. The zero-order chi connectivity index (χ0) is 25.5. The van der Waals surface area contributed by atoms with Gasteiger partial charge in [0.05, 0.1) is 4.90 Å². The summed E-state index contributed by atoms with van der Waals surface area (Å²) in [5.41, 5.74) is 1.66. The van der Waals surface area contributed by atoms with Gasteiger partial charge in [0, 0.05) is 25.3 Å². The highest BCUT2D eigenvalue weighted by Crippen LogP contribution is 2.28. The molecular formula is C28H33N3O4S. The first kappa shape index (κ1) is 25.9. The molecule has 0 saturated carbocycles. The molecule has 7 nitrogen and oxygen atoms in total. The van der Waals surface area contributed by atoms with E-state index >= 15 is 0 Å². The van der Waals surface area contributed by atoms with Crippen molar-refractivity contribution in [2.75, 3.05) is 25.0 Å². The second kappa shape index (κ2) is 11.7. The van der Waals surface area contributed by atoms with Gasteiger partial charge in [-0.25, -0.2) is 8.42 Å². The van der Waals surface area contributed by atoms with E-state index in [0.29, 0.717) is 30.2 Å². The van der Waals surface area contributed by atoms with Gasteiger partial charge in [-0.15, -0.1) is 0 Å². The van der Waals surface area contributed by atoms with Crippen LogP contribution in [0.4, 0.5) is 5.69 Å². The number of carbonyl (C=O) groups is 2. The Balaban J connectivity index is 1.21. The number of sulfonamides is 1. The van der Waals surface area contributed by atoms with Crippen molar-refractivity contribution in [1.29, 1.82) is 0 Å². The third kappa shape index (κ3) is 6.50. The monoisotopic (exact) mass is 507 g/mol. The van der Waals surface area contributed by atoms with E-state index in [4.69, 9.17) is 0 Å². The minimum atomic E-state index is -3.54. The number of rotatable bonds is 8. The summed E-state index contributed by atoms with van der Waals surface area (Å²) in [6, 6.07) is 20.3. The molecule has 1 heterocycles. The molecule has 1 aliphatic rings. The molecule has 0 aromatic heterocycles. The minimum absolute atomic E-state index is 0.287. The van der Waals surface area contributed by atoms with Crippen LogP contribution in [0.2, 0.25) is 0 Å². The highest BCUT2D eigenvalue weighted by Gasteiger charge is 2.30. The molecule has 1 atom stereocenters. The van der Waals surface area contributed by atoms with Crippen molar-refractivity contribution in [3.63, 3.8) is 0 Å². The fraction of sp³-hybridized carbons (Fsp3) is 0.357. The Morgan fingerprint density at radius 3 is 2.47 bits per heavy atom. The van der Waals surface area contributed by atoms with Crippen LogP contribution in [0.5, 0.6) is 0 Å². The van der Waals surface area contributed by atoms with Gasteiger partial charge in [0.15, 0.2) is 0 Å². The molecule has 0 bridgehead atoms. The number of nitrogens with zero attached hydrogens (tertiary/aromatic N) is 1. The number of unbranched alkanes of at least 4 members (excludes halogenated alkanes) is 1. The van der Waals surface area contributed by atoms with E-state index in [9.17, 15) is 18.0 Å². The Hall–Kier alpha value is -3.23. The molecule has 36 heavy (non-hydrogen) atoms. The third-order valence-electron chi connectivity index (χ3n) is 6.68. The number of anilines is 1. The molecule has 0 spiro atoms. The van der Waals surface area contributed by atoms with Crippen LogP contribution in [0, 0.1) is 12.8 Å². The number of piperidine rings is 1. The summed E-state index contributed by atoms with van der Waals surface area (Å²) in [6.45, 7) is 3.41. The molecule has 8 heteroatoms. The number of fused-ring (bicyclic) bond motifs is 1. The SMILES string of the molecule is Cc1ccc(NC(=O)C(=O)NCCCC[C@H]2CCCN(S(=O)(=O)c3ccc4ccccc4c3)C2)cc1. The molecule has 0 aliphatic carbocycles. The van der Waals surface area contributed by atoms with Crippen LogP contribution in [0.25, 0.3) is 10.8 Å². The summed E-state index contributed by atoms with van der Waals surface area (Å²) in [6.07, 6.45) is 4.31.